The van der Waals surface area contributed by atoms with Crippen LogP contribution in [0.4, 0.5) is 17.6 Å². The Bertz CT molecular complexity index is 494. The average molecular weight is 289 g/mol. The lowest BCUT2D eigenvalue weighted by Gasteiger charge is -2.28. The van der Waals surface area contributed by atoms with E-state index in [0.717, 1.165) is 6.07 Å². The minimum absolute atomic E-state index is 0.0880. The Hall–Kier alpha value is -1.59. The molecule has 2 nitrogen and oxygen atoms in total. The van der Waals surface area contributed by atoms with Crippen LogP contribution in [0.5, 0.6) is 0 Å². The van der Waals surface area contributed by atoms with Crippen molar-refractivity contribution in [1.82, 2.24) is 5.32 Å². The van der Waals surface area contributed by atoms with Crippen molar-refractivity contribution in [1.29, 1.82) is 0 Å². The van der Waals surface area contributed by atoms with Crippen LogP contribution in [-0.4, -0.2) is 17.9 Å². The van der Waals surface area contributed by atoms with Gasteiger partial charge in [0.2, 0.25) is 11.8 Å². The second-order valence-corrected chi connectivity index (χ2v) is 5.11. The van der Waals surface area contributed by atoms with E-state index in [9.17, 15) is 22.4 Å². The van der Waals surface area contributed by atoms with Crippen molar-refractivity contribution in [2.75, 3.05) is 0 Å². The third-order valence-corrected chi connectivity index (χ3v) is 3.45. The molecule has 20 heavy (non-hydrogen) atoms. The van der Waals surface area contributed by atoms with Crippen molar-refractivity contribution < 1.29 is 22.4 Å². The first kappa shape index (κ1) is 14.8. The van der Waals surface area contributed by atoms with Crippen molar-refractivity contribution in [3.8, 4) is 0 Å². The van der Waals surface area contributed by atoms with E-state index in [1.54, 1.807) is 0 Å². The smallest absolute Gasteiger partial charge is 0.248 e. The first-order chi connectivity index (χ1) is 9.35. The summed E-state index contributed by atoms with van der Waals surface area (Å²) in [6.07, 6.45) is -0.292. The van der Waals surface area contributed by atoms with Gasteiger partial charge in [-0.1, -0.05) is 6.07 Å². The zero-order valence-corrected chi connectivity index (χ0v) is 10.8. The Kier molecular flexibility index (Phi) is 4.30. The lowest BCUT2D eigenvalue weighted by molar-refractivity contribution is -0.122. The minimum Gasteiger partial charge on any atom is -0.353 e. The van der Waals surface area contributed by atoms with Crippen molar-refractivity contribution in [3.05, 3.63) is 35.4 Å². The van der Waals surface area contributed by atoms with Crippen molar-refractivity contribution in [2.24, 2.45) is 0 Å². The van der Waals surface area contributed by atoms with Gasteiger partial charge in [-0.15, -0.1) is 0 Å². The van der Waals surface area contributed by atoms with Gasteiger partial charge in [0.15, 0.2) is 0 Å². The van der Waals surface area contributed by atoms with E-state index in [2.05, 4.69) is 5.32 Å². The van der Waals surface area contributed by atoms with Gasteiger partial charge in [-0.3, -0.25) is 4.79 Å². The fourth-order valence-electron chi connectivity index (χ4n) is 2.30. The van der Waals surface area contributed by atoms with Crippen molar-refractivity contribution in [2.45, 2.75) is 44.1 Å². The second kappa shape index (κ2) is 5.81. The zero-order chi connectivity index (χ0) is 14.8. The van der Waals surface area contributed by atoms with Crippen molar-refractivity contribution >= 4 is 5.91 Å². The van der Waals surface area contributed by atoms with Crippen LogP contribution in [-0.2, 0) is 11.2 Å². The molecule has 1 N–H and O–H groups in total. The third-order valence-electron chi connectivity index (χ3n) is 3.45. The summed E-state index contributed by atoms with van der Waals surface area (Å²) in [6.45, 7) is 0. The highest BCUT2D eigenvalue weighted by Crippen LogP contribution is 2.32. The molecule has 0 aliphatic heterocycles. The molecular weight excluding hydrogens is 274 g/mol. The zero-order valence-electron chi connectivity index (χ0n) is 10.8. The van der Waals surface area contributed by atoms with Crippen LogP contribution in [0.15, 0.2) is 18.2 Å². The van der Waals surface area contributed by atoms with Crippen LogP contribution in [0.25, 0.3) is 0 Å². The molecule has 0 atom stereocenters. The largest absolute Gasteiger partial charge is 0.353 e. The fourth-order valence-corrected chi connectivity index (χ4v) is 2.30. The lowest BCUT2D eigenvalue weighted by atomic mass is 9.92. The van der Waals surface area contributed by atoms with Gasteiger partial charge < -0.3 is 5.32 Å². The van der Waals surface area contributed by atoms with Crippen LogP contribution in [0.2, 0.25) is 0 Å². The maximum Gasteiger partial charge on any atom is 0.248 e. The molecule has 0 spiro atoms. The highest BCUT2D eigenvalue weighted by Gasteiger charge is 2.35. The lowest BCUT2D eigenvalue weighted by Crippen LogP contribution is -2.41. The first-order valence-electron chi connectivity index (χ1n) is 6.47. The van der Waals surface area contributed by atoms with Crippen LogP contribution in [0, 0.1) is 11.6 Å². The molecule has 0 unspecified atom stereocenters. The number of hydrogen-bond acceptors (Lipinski definition) is 1. The molecule has 0 aromatic heterocycles. The van der Waals surface area contributed by atoms with Crippen LogP contribution in [0.3, 0.4) is 0 Å². The van der Waals surface area contributed by atoms with E-state index in [-0.39, 0.29) is 43.7 Å². The van der Waals surface area contributed by atoms with Crippen LogP contribution in [0.1, 0.15) is 31.2 Å². The van der Waals surface area contributed by atoms with Gasteiger partial charge in [-0.25, -0.2) is 17.6 Å². The van der Waals surface area contributed by atoms with Gasteiger partial charge in [0.1, 0.15) is 11.6 Å². The molecule has 1 aromatic rings. The summed E-state index contributed by atoms with van der Waals surface area (Å²) in [5.41, 5.74) is 0.0880. The molecule has 2 rings (SSSR count). The second-order valence-electron chi connectivity index (χ2n) is 5.11. The maximum absolute atomic E-state index is 13.4. The Balaban J connectivity index is 1.87. The normalized spacial score (nSPS) is 18.8. The number of amides is 1. The van der Waals surface area contributed by atoms with Gasteiger partial charge in [0.25, 0.3) is 0 Å². The predicted molar refractivity (Wildman–Crippen MR) is 65.4 cm³/mol. The van der Waals surface area contributed by atoms with Gasteiger partial charge in [-0.2, -0.15) is 0 Å². The molecule has 110 valence electrons. The van der Waals surface area contributed by atoms with E-state index in [0.29, 0.717) is 6.07 Å². The highest BCUT2D eigenvalue weighted by atomic mass is 19.3. The van der Waals surface area contributed by atoms with Gasteiger partial charge in [-0.05, 0) is 24.5 Å². The van der Waals surface area contributed by atoms with E-state index in [1.807, 2.05) is 0 Å². The molecule has 1 aromatic carbocycles. The van der Waals surface area contributed by atoms with E-state index >= 15 is 0 Å². The summed E-state index contributed by atoms with van der Waals surface area (Å²) >= 11 is 0. The summed E-state index contributed by atoms with van der Waals surface area (Å²) in [4.78, 5) is 11.7. The number of carbonyl (C=O) groups excluding carboxylic acids is 1. The molecule has 0 bridgehead atoms. The summed E-state index contributed by atoms with van der Waals surface area (Å²) < 4.78 is 52.0. The summed E-state index contributed by atoms with van der Waals surface area (Å²) in [5.74, 6) is -4.58. The Morgan fingerprint density at radius 2 is 1.90 bits per heavy atom. The molecule has 0 heterocycles. The maximum atomic E-state index is 13.4. The molecule has 0 radical (unpaired) electrons. The first-order valence-corrected chi connectivity index (χ1v) is 6.47. The molecule has 1 amide bonds. The quantitative estimate of drug-likeness (QED) is 0.851. The van der Waals surface area contributed by atoms with E-state index < -0.39 is 23.5 Å². The number of hydrogen-bond donors (Lipinski definition) is 1. The number of alkyl halides is 2. The summed E-state index contributed by atoms with van der Waals surface area (Å²) in [6, 6.07) is 2.70. The third kappa shape index (κ3) is 3.95. The number of benzene rings is 1. The molecular formula is C14H15F4NO. The number of carbonyl (C=O) groups is 1. The number of halogens is 4. The average Bonchev–Trinajstić information content (AvgIpc) is 2.35. The highest BCUT2D eigenvalue weighted by molar-refractivity contribution is 5.78. The molecule has 1 aliphatic rings. The molecule has 1 fully saturated rings. The van der Waals surface area contributed by atoms with E-state index in [4.69, 9.17) is 0 Å². The standard InChI is InChI=1S/C14H15F4NO/c15-10-2-1-9(12(16)8-10)7-13(20)19-11-3-5-14(17,18)6-4-11/h1-2,8,11H,3-7H2,(H,19,20). The van der Waals surface area contributed by atoms with Gasteiger partial charge in [0.05, 0.1) is 6.42 Å². The topological polar surface area (TPSA) is 29.1 Å². The monoisotopic (exact) mass is 289 g/mol. The summed E-state index contributed by atoms with van der Waals surface area (Å²) in [5, 5.41) is 2.61. The fraction of sp³-hybridized carbons (Fsp3) is 0.500. The van der Waals surface area contributed by atoms with Crippen LogP contribution >= 0.6 is 0 Å². The Morgan fingerprint density at radius 3 is 2.50 bits per heavy atom. The minimum atomic E-state index is -2.65. The summed E-state index contributed by atoms with van der Waals surface area (Å²) in [7, 11) is 0. The van der Waals surface area contributed by atoms with Gasteiger partial charge in [0, 0.05) is 24.9 Å². The SMILES string of the molecule is O=C(Cc1ccc(F)cc1F)NC1CCC(F)(F)CC1. The predicted octanol–water partition coefficient (Wildman–Crippen LogP) is 3.20. The van der Waals surface area contributed by atoms with Crippen LogP contribution < -0.4 is 5.32 Å². The Labute approximate surface area is 114 Å². The molecule has 1 aliphatic carbocycles. The van der Waals surface area contributed by atoms with E-state index in [1.165, 1.54) is 6.07 Å². The number of rotatable bonds is 3. The molecule has 6 heteroatoms. The number of nitrogens with one attached hydrogen (secondary N) is 1. The molecule has 1 saturated carbocycles. The van der Waals surface area contributed by atoms with Crippen molar-refractivity contribution in [3.63, 3.8) is 0 Å². The van der Waals surface area contributed by atoms with Gasteiger partial charge >= 0.3 is 0 Å². The Morgan fingerprint density at radius 1 is 1.25 bits per heavy atom. The molecule has 0 saturated heterocycles.